The number of methoxy groups -OCH3 is 2. The fourth-order valence-corrected chi connectivity index (χ4v) is 3.07. The van der Waals surface area contributed by atoms with Crippen LogP contribution in [0.4, 0.5) is 0 Å². The van der Waals surface area contributed by atoms with Gasteiger partial charge >= 0.3 is 0 Å². The van der Waals surface area contributed by atoms with Gasteiger partial charge in [0.15, 0.2) is 0 Å². The van der Waals surface area contributed by atoms with Crippen LogP contribution in [0.2, 0.25) is 0 Å². The molecule has 1 aliphatic rings. The summed E-state index contributed by atoms with van der Waals surface area (Å²) in [7, 11) is 3.28. The Hall–Kier alpha value is -2.32. The van der Waals surface area contributed by atoms with Crippen molar-refractivity contribution >= 4 is 16.9 Å². The molecule has 4 heteroatoms. The highest BCUT2D eigenvalue weighted by Gasteiger charge is 2.42. The van der Waals surface area contributed by atoms with Gasteiger partial charge in [-0.3, -0.25) is 0 Å². The van der Waals surface area contributed by atoms with Gasteiger partial charge in [0.25, 0.3) is 0 Å². The number of fused-ring (bicyclic) bond motifs is 1. The van der Waals surface area contributed by atoms with E-state index in [1.54, 1.807) is 20.3 Å². The zero-order chi connectivity index (χ0) is 14.9. The lowest BCUT2D eigenvalue weighted by atomic mass is 9.70. The van der Waals surface area contributed by atoms with E-state index in [1.807, 2.05) is 30.3 Å². The van der Waals surface area contributed by atoms with Crippen LogP contribution in [0.25, 0.3) is 10.8 Å². The number of carbonyl (C=O) groups excluding carboxylic acids is 1. The summed E-state index contributed by atoms with van der Waals surface area (Å²) in [6, 6.07) is 9.86. The maximum Gasteiger partial charge on any atom is 0.235 e. The van der Waals surface area contributed by atoms with E-state index in [2.05, 4.69) is 4.99 Å². The molecule has 0 bridgehead atoms. The van der Waals surface area contributed by atoms with Crippen LogP contribution in [0, 0.1) is 0 Å². The first-order valence-corrected chi connectivity index (χ1v) is 6.98. The minimum atomic E-state index is -0.501. The highest BCUT2D eigenvalue weighted by atomic mass is 16.5. The summed E-state index contributed by atoms with van der Waals surface area (Å²) >= 11 is 0. The Kier molecular flexibility index (Phi) is 3.40. The van der Waals surface area contributed by atoms with E-state index in [9.17, 15) is 4.79 Å². The van der Waals surface area contributed by atoms with Crippen LogP contribution in [-0.4, -0.2) is 20.3 Å². The Morgan fingerprint density at radius 2 is 1.90 bits per heavy atom. The first-order valence-electron chi connectivity index (χ1n) is 6.98. The Balaban J connectivity index is 2.34. The predicted molar refractivity (Wildman–Crippen MR) is 80.7 cm³/mol. The lowest BCUT2D eigenvalue weighted by Gasteiger charge is -2.38. The second-order valence-corrected chi connectivity index (χ2v) is 5.32. The van der Waals surface area contributed by atoms with Crippen molar-refractivity contribution in [1.82, 2.24) is 0 Å². The molecule has 0 saturated heterocycles. The van der Waals surface area contributed by atoms with Crippen LogP contribution >= 0.6 is 0 Å². The van der Waals surface area contributed by atoms with Crippen LogP contribution in [0.15, 0.2) is 35.3 Å². The normalized spacial score (nSPS) is 15.9. The Bertz CT molecular complexity index is 723. The summed E-state index contributed by atoms with van der Waals surface area (Å²) < 4.78 is 10.9. The Morgan fingerprint density at radius 1 is 1.14 bits per heavy atom. The molecular weight excluding hydrogens is 266 g/mol. The van der Waals surface area contributed by atoms with Gasteiger partial charge in [0, 0.05) is 5.56 Å². The topological polar surface area (TPSA) is 47.9 Å². The summed E-state index contributed by atoms with van der Waals surface area (Å²) in [6.45, 7) is 0. The number of aliphatic imine (C=N–C) groups is 1. The molecule has 2 aromatic rings. The summed E-state index contributed by atoms with van der Waals surface area (Å²) in [5.41, 5.74) is 0.467. The van der Waals surface area contributed by atoms with Gasteiger partial charge < -0.3 is 9.47 Å². The molecule has 1 fully saturated rings. The smallest absolute Gasteiger partial charge is 0.235 e. The minimum absolute atomic E-state index is 0.501. The molecule has 3 rings (SSSR count). The summed E-state index contributed by atoms with van der Waals surface area (Å²) in [5.74, 6) is 1.54. The van der Waals surface area contributed by atoms with Crippen molar-refractivity contribution in [3.05, 3.63) is 35.9 Å². The predicted octanol–water partition coefficient (Wildman–Crippen LogP) is 3.57. The van der Waals surface area contributed by atoms with Gasteiger partial charge in [0.1, 0.15) is 17.0 Å². The van der Waals surface area contributed by atoms with Crippen molar-refractivity contribution in [2.75, 3.05) is 14.2 Å². The molecule has 2 aromatic carbocycles. The summed E-state index contributed by atoms with van der Waals surface area (Å²) in [5, 5.41) is 2.10. The zero-order valence-corrected chi connectivity index (χ0v) is 12.2. The highest BCUT2D eigenvalue weighted by molar-refractivity contribution is 5.90. The monoisotopic (exact) mass is 283 g/mol. The third kappa shape index (κ3) is 2.08. The minimum Gasteiger partial charge on any atom is -0.497 e. The van der Waals surface area contributed by atoms with E-state index in [0.29, 0.717) is 0 Å². The van der Waals surface area contributed by atoms with Crippen LogP contribution in [0.1, 0.15) is 24.8 Å². The van der Waals surface area contributed by atoms with Crippen LogP contribution in [0.3, 0.4) is 0 Å². The van der Waals surface area contributed by atoms with Gasteiger partial charge in [-0.15, -0.1) is 0 Å². The SMILES string of the molecule is COc1ccc2ccc(OC)c(C3(N=C=O)CCC3)c2c1. The maximum absolute atomic E-state index is 10.9. The van der Waals surface area contributed by atoms with Crippen molar-refractivity contribution in [2.45, 2.75) is 24.8 Å². The zero-order valence-electron chi connectivity index (χ0n) is 12.2. The summed E-state index contributed by atoms with van der Waals surface area (Å²) in [4.78, 5) is 15.0. The molecule has 0 aromatic heterocycles. The molecule has 0 radical (unpaired) electrons. The molecule has 0 aliphatic heterocycles. The van der Waals surface area contributed by atoms with E-state index < -0.39 is 5.54 Å². The molecule has 1 saturated carbocycles. The summed E-state index contributed by atoms with van der Waals surface area (Å²) in [6.07, 6.45) is 4.48. The quantitative estimate of drug-likeness (QED) is 0.636. The molecule has 108 valence electrons. The number of isocyanates is 1. The number of hydrogen-bond acceptors (Lipinski definition) is 4. The number of hydrogen-bond donors (Lipinski definition) is 0. The fourth-order valence-electron chi connectivity index (χ4n) is 3.07. The van der Waals surface area contributed by atoms with Gasteiger partial charge in [-0.2, -0.15) is 4.99 Å². The molecule has 0 spiro atoms. The van der Waals surface area contributed by atoms with E-state index in [0.717, 1.165) is 47.1 Å². The second-order valence-electron chi connectivity index (χ2n) is 5.32. The molecule has 0 amide bonds. The highest BCUT2D eigenvalue weighted by Crippen LogP contribution is 2.50. The number of nitrogens with zero attached hydrogens (tertiary/aromatic N) is 1. The average molecular weight is 283 g/mol. The maximum atomic E-state index is 10.9. The largest absolute Gasteiger partial charge is 0.497 e. The van der Waals surface area contributed by atoms with E-state index in [-0.39, 0.29) is 0 Å². The number of ether oxygens (including phenoxy) is 2. The Morgan fingerprint density at radius 3 is 2.48 bits per heavy atom. The fraction of sp³-hybridized carbons (Fsp3) is 0.353. The molecular formula is C17H17NO3. The lowest BCUT2D eigenvalue weighted by Crippen LogP contribution is -2.32. The molecule has 4 nitrogen and oxygen atoms in total. The van der Waals surface area contributed by atoms with Gasteiger partial charge in [-0.05, 0) is 48.2 Å². The first kappa shape index (κ1) is 13.7. The standard InChI is InChI=1S/C17H17NO3/c1-20-13-6-4-12-5-7-15(21-2)16(14(12)10-13)17(18-11-19)8-3-9-17/h4-7,10H,3,8-9H2,1-2H3. The molecule has 0 atom stereocenters. The average Bonchev–Trinajstić information content (AvgIpc) is 2.49. The van der Waals surface area contributed by atoms with Gasteiger partial charge in [-0.25, -0.2) is 4.79 Å². The van der Waals surface area contributed by atoms with Crippen molar-refractivity contribution < 1.29 is 14.3 Å². The van der Waals surface area contributed by atoms with Crippen molar-refractivity contribution in [1.29, 1.82) is 0 Å². The molecule has 0 N–H and O–H groups in total. The molecule has 21 heavy (non-hydrogen) atoms. The van der Waals surface area contributed by atoms with Crippen LogP contribution < -0.4 is 9.47 Å². The van der Waals surface area contributed by atoms with E-state index in [4.69, 9.17) is 9.47 Å². The molecule has 1 aliphatic carbocycles. The van der Waals surface area contributed by atoms with E-state index >= 15 is 0 Å². The van der Waals surface area contributed by atoms with Crippen molar-refractivity contribution in [3.63, 3.8) is 0 Å². The van der Waals surface area contributed by atoms with Gasteiger partial charge in [-0.1, -0.05) is 12.1 Å². The molecule has 0 unspecified atom stereocenters. The Labute approximate surface area is 123 Å². The number of rotatable bonds is 4. The third-order valence-corrected chi connectivity index (χ3v) is 4.32. The van der Waals surface area contributed by atoms with Crippen molar-refractivity contribution in [2.24, 2.45) is 4.99 Å². The number of benzene rings is 2. The lowest BCUT2D eigenvalue weighted by molar-refractivity contribution is 0.248. The second kappa shape index (κ2) is 5.23. The van der Waals surface area contributed by atoms with Crippen LogP contribution in [0.5, 0.6) is 11.5 Å². The van der Waals surface area contributed by atoms with Crippen molar-refractivity contribution in [3.8, 4) is 11.5 Å². The first-order chi connectivity index (χ1) is 10.2. The van der Waals surface area contributed by atoms with Gasteiger partial charge in [0.2, 0.25) is 6.08 Å². The van der Waals surface area contributed by atoms with Gasteiger partial charge in [0.05, 0.1) is 14.2 Å². The van der Waals surface area contributed by atoms with Crippen LogP contribution in [-0.2, 0) is 10.3 Å². The van der Waals surface area contributed by atoms with E-state index in [1.165, 1.54) is 0 Å². The molecule has 0 heterocycles. The third-order valence-electron chi connectivity index (χ3n) is 4.32.